The summed E-state index contributed by atoms with van der Waals surface area (Å²) in [4.78, 5) is 25.7. The lowest BCUT2D eigenvalue weighted by Crippen LogP contribution is -2.59. The fourth-order valence-electron chi connectivity index (χ4n) is 3.49. The Kier molecular flexibility index (Phi) is 4.13. The summed E-state index contributed by atoms with van der Waals surface area (Å²) in [5.41, 5.74) is 11.0. The predicted octanol–water partition coefficient (Wildman–Crippen LogP) is 0.618. The third kappa shape index (κ3) is 3.08. The molecule has 0 radical (unpaired) electrons. The molecular weight excluding hydrogens is 242 g/mol. The van der Waals surface area contributed by atoms with Crippen LogP contribution in [0.2, 0.25) is 0 Å². The molecule has 1 heterocycles. The van der Waals surface area contributed by atoms with Crippen molar-refractivity contribution < 1.29 is 9.59 Å². The molecule has 1 aliphatic heterocycles. The zero-order chi connectivity index (χ0) is 14.0. The van der Waals surface area contributed by atoms with E-state index in [1.165, 1.54) is 0 Å². The van der Waals surface area contributed by atoms with E-state index in [0.717, 1.165) is 38.5 Å². The predicted molar refractivity (Wildman–Crippen MR) is 73.0 cm³/mol. The van der Waals surface area contributed by atoms with E-state index in [-0.39, 0.29) is 17.7 Å². The molecule has 2 amide bonds. The van der Waals surface area contributed by atoms with E-state index in [9.17, 15) is 9.59 Å². The molecule has 1 saturated carbocycles. The Hall–Kier alpha value is -1.10. The van der Waals surface area contributed by atoms with Crippen LogP contribution in [0.5, 0.6) is 0 Å². The van der Waals surface area contributed by atoms with E-state index >= 15 is 0 Å². The second-order valence-electron chi connectivity index (χ2n) is 6.35. The van der Waals surface area contributed by atoms with Crippen LogP contribution in [-0.4, -0.2) is 35.3 Å². The van der Waals surface area contributed by atoms with Gasteiger partial charge in [0.1, 0.15) is 0 Å². The first kappa shape index (κ1) is 14.3. The molecule has 2 fully saturated rings. The summed E-state index contributed by atoms with van der Waals surface area (Å²) < 4.78 is 0. The number of primary amides is 1. The number of nitrogens with two attached hydrogens (primary N) is 2. The molecule has 0 aromatic carbocycles. The molecule has 3 atom stereocenters. The average molecular weight is 267 g/mol. The van der Waals surface area contributed by atoms with Crippen LogP contribution in [0.4, 0.5) is 0 Å². The number of rotatable bonds is 2. The second kappa shape index (κ2) is 5.49. The Bertz CT molecular complexity index is 372. The Balaban J connectivity index is 2.04. The first-order valence-corrected chi connectivity index (χ1v) is 7.30. The van der Waals surface area contributed by atoms with Gasteiger partial charge in [0.25, 0.3) is 0 Å². The molecule has 2 aliphatic rings. The summed E-state index contributed by atoms with van der Waals surface area (Å²) >= 11 is 0. The van der Waals surface area contributed by atoms with Gasteiger partial charge in [0, 0.05) is 13.1 Å². The van der Waals surface area contributed by atoms with E-state index in [1.54, 1.807) is 4.90 Å². The van der Waals surface area contributed by atoms with Crippen LogP contribution < -0.4 is 11.5 Å². The SMILES string of the molecule is CC1CCCC(N)(C(=O)N2CCCC(C(N)=O)C2)C1. The van der Waals surface area contributed by atoms with Crippen LogP contribution >= 0.6 is 0 Å². The van der Waals surface area contributed by atoms with Crippen LogP contribution in [0, 0.1) is 11.8 Å². The Morgan fingerprint density at radius 1 is 1.26 bits per heavy atom. The highest BCUT2D eigenvalue weighted by Crippen LogP contribution is 2.32. The highest BCUT2D eigenvalue weighted by atomic mass is 16.2. The third-order valence-corrected chi connectivity index (χ3v) is 4.57. The number of amides is 2. The molecule has 108 valence electrons. The number of nitrogens with zero attached hydrogens (tertiary/aromatic N) is 1. The first-order valence-electron chi connectivity index (χ1n) is 7.30. The van der Waals surface area contributed by atoms with Gasteiger partial charge >= 0.3 is 0 Å². The third-order valence-electron chi connectivity index (χ3n) is 4.57. The quantitative estimate of drug-likeness (QED) is 0.768. The van der Waals surface area contributed by atoms with Crippen molar-refractivity contribution >= 4 is 11.8 Å². The summed E-state index contributed by atoms with van der Waals surface area (Å²) in [5.74, 6) is 0.00678. The van der Waals surface area contributed by atoms with E-state index in [1.807, 2.05) is 0 Å². The zero-order valence-electron chi connectivity index (χ0n) is 11.7. The van der Waals surface area contributed by atoms with Crippen molar-refractivity contribution in [3.63, 3.8) is 0 Å². The molecule has 3 unspecified atom stereocenters. The minimum absolute atomic E-state index is 0.0185. The Morgan fingerprint density at radius 2 is 2.00 bits per heavy atom. The minimum Gasteiger partial charge on any atom is -0.369 e. The van der Waals surface area contributed by atoms with Gasteiger partial charge < -0.3 is 16.4 Å². The Morgan fingerprint density at radius 3 is 2.63 bits per heavy atom. The van der Waals surface area contributed by atoms with Gasteiger partial charge in [0.05, 0.1) is 11.5 Å². The molecule has 1 saturated heterocycles. The second-order valence-corrected chi connectivity index (χ2v) is 6.35. The fraction of sp³-hybridized carbons (Fsp3) is 0.857. The molecule has 5 heteroatoms. The van der Waals surface area contributed by atoms with Gasteiger partial charge in [-0.15, -0.1) is 0 Å². The topological polar surface area (TPSA) is 89.4 Å². The lowest BCUT2D eigenvalue weighted by Gasteiger charge is -2.41. The van der Waals surface area contributed by atoms with Gasteiger partial charge in [-0.25, -0.2) is 0 Å². The van der Waals surface area contributed by atoms with Gasteiger partial charge in [-0.2, -0.15) is 0 Å². The number of likely N-dealkylation sites (tertiary alicyclic amines) is 1. The number of hydrogen-bond acceptors (Lipinski definition) is 3. The maximum absolute atomic E-state index is 12.6. The molecule has 1 aliphatic carbocycles. The van der Waals surface area contributed by atoms with Crippen molar-refractivity contribution in [2.75, 3.05) is 13.1 Å². The highest BCUT2D eigenvalue weighted by Gasteiger charge is 2.42. The number of piperidine rings is 1. The monoisotopic (exact) mass is 267 g/mol. The van der Waals surface area contributed by atoms with Crippen LogP contribution in [0.25, 0.3) is 0 Å². The largest absolute Gasteiger partial charge is 0.369 e. The number of carbonyl (C=O) groups is 2. The average Bonchev–Trinajstić information content (AvgIpc) is 2.37. The van der Waals surface area contributed by atoms with Crippen LogP contribution in [0.15, 0.2) is 0 Å². The van der Waals surface area contributed by atoms with E-state index in [4.69, 9.17) is 11.5 Å². The highest BCUT2D eigenvalue weighted by molar-refractivity contribution is 5.87. The maximum atomic E-state index is 12.6. The zero-order valence-corrected chi connectivity index (χ0v) is 11.7. The van der Waals surface area contributed by atoms with E-state index in [0.29, 0.717) is 19.0 Å². The summed E-state index contributed by atoms with van der Waals surface area (Å²) in [7, 11) is 0. The summed E-state index contributed by atoms with van der Waals surface area (Å²) in [5, 5.41) is 0. The van der Waals surface area contributed by atoms with E-state index < -0.39 is 5.54 Å². The first-order chi connectivity index (χ1) is 8.92. The summed E-state index contributed by atoms with van der Waals surface area (Å²) in [6.45, 7) is 3.30. The van der Waals surface area contributed by atoms with Gasteiger partial charge in [-0.3, -0.25) is 9.59 Å². The van der Waals surface area contributed by atoms with Gasteiger partial charge in [0.2, 0.25) is 11.8 Å². The van der Waals surface area contributed by atoms with E-state index in [2.05, 4.69) is 6.92 Å². The van der Waals surface area contributed by atoms with Gasteiger partial charge in [-0.1, -0.05) is 19.8 Å². The molecule has 0 spiro atoms. The van der Waals surface area contributed by atoms with Crippen LogP contribution in [0.1, 0.15) is 45.4 Å². The molecule has 0 bridgehead atoms. The van der Waals surface area contributed by atoms with Crippen molar-refractivity contribution in [3.8, 4) is 0 Å². The van der Waals surface area contributed by atoms with Gasteiger partial charge in [0.15, 0.2) is 0 Å². The molecule has 2 rings (SSSR count). The lowest BCUT2D eigenvalue weighted by molar-refractivity contribution is -0.141. The molecule has 5 nitrogen and oxygen atoms in total. The molecule has 19 heavy (non-hydrogen) atoms. The molecule has 0 aromatic heterocycles. The maximum Gasteiger partial charge on any atom is 0.242 e. The fourth-order valence-corrected chi connectivity index (χ4v) is 3.49. The smallest absolute Gasteiger partial charge is 0.242 e. The number of hydrogen-bond donors (Lipinski definition) is 2. The van der Waals surface area contributed by atoms with Gasteiger partial charge in [-0.05, 0) is 31.6 Å². The van der Waals surface area contributed by atoms with Crippen molar-refractivity contribution in [1.29, 1.82) is 0 Å². The summed E-state index contributed by atoms with van der Waals surface area (Å²) in [6.07, 6.45) is 5.29. The van der Waals surface area contributed by atoms with Crippen molar-refractivity contribution in [3.05, 3.63) is 0 Å². The molecular formula is C14H25N3O2. The Labute approximate surface area is 114 Å². The van der Waals surface area contributed by atoms with Crippen molar-refractivity contribution in [2.24, 2.45) is 23.3 Å². The normalized spacial score (nSPS) is 36.0. The van der Waals surface area contributed by atoms with Crippen molar-refractivity contribution in [1.82, 2.24) is 4.90 Å². The van der Waals surface area contributed by atoms with Crippen LogP contribution in [0.3, 0.4) is 0 Å². The number of carbonyl (C=O) groups excluding carboxylic acids is 2. The minimum atomic E-state index is -0.725. The lowest BCUT2D eigenvalue weighted by atomic mass is 9.76. The summed E-state index contributed by atoms with van der Waals surface area (Å²) in [6, 6.07) is 0. The standard InChI is InChI=1S/C14H25N3O2/c1-10-4-2-6-14(16,8-10)13(19)17-7-3-5-11(9-17)12(15)18/h10-11H,2-9,16H2,1H3,(H2,15,18). The molecule has 0 aromatic rings. The van der Waals surface area contributed by atoms with Crippen LogP contribution in [-0.2, 0) is 9.59 Å². The molecule has 4 N–H and O–H groups in total. The van der Waals surface area contributed by atoms with Crippen molar-refractivity contribution in [2.45, 2.75) is 51.0 Å².